The molecular formula is C9H11N3. The molecule has 0 spiro atoms. The summed E-state index contributed by atoms with van der Waals surface area (Å²) in [4.78, 5) is 0. The Morgan fingerprint density at radius 2 is 2.00 bits per heavy atom. The fourth-order valence-corrected chi connectivity index (χ4v) is 1.09. The largest absolute Gasteiger partial charge is 0.324 e. The van der Waals surface area contributed by atoms with Gasteiger partial charge in [0.2, 0.25) is 0 Å². The number of nitrogens with one attached hydrogen (secondary N) is 1. The summed E-state index contributed by atoms with van der Waals surface area (Å²) in [6, 6.07) is 5.81. The first-order valence-corrected chi connectivity index (χ1v) is 3.67. The van der Waals surface area contributed by atoms with Crippen molar-refractivity contribution < 1.29 is 0 Å². The molecule has 0 heterocycles. The van der Waals surface area contributed by atoms with Gasteiger partial charge in [-0.05, 0) is 37.1 Å². The van der Waals surface area contributed by atoms with Gasteiger partial charge in [-0.25, -0.2) is 0 Å². The molecule has 0 unspecified atom stereocenters. The second-order valence-electron chi connectivity index (χ2n) is 2.74. The number of hydrazine groups is 1. The normalized spacial score (nSPS) is 9.17. The van der Waals surface area contributed by atoms with Crippen LogP contribution in [-0.2, 0) is 0 Å². The Morgan fingerprint density at radius 1 is 1.33 bits per heavy atom. The number of nitrogen functional groups attached to an aromatic ring is 1. The molecule has 3 heteroatoms. The van der Waals surface area contributed by atoms with Gasteiger partial charge in [-0.2, -0.15) is 5.26 Å². The Labute approximate surface area is 71.8 Å². The van der Waals surface area contributed by atoms with Crippen LogP contribution in [0.15, 0.2) is 12.1 Å². The standard InChI is InChI=1S/C9H11N3/c1-6-4-9(12-11)7(2)3-8(6)5-10/h3-4,12H,11H2,1-2H3. The van der Waals surface area contributed by atoms with E-state index in [1.807, 2.05) is 26.0 Å². The van der Waals surface area contributed by atoms with E-state index in [2.05, 4.69) is 11.5 Å². The van der Waals surface area contributed by atoms with Crippen molar-refractivity contribution in [2.45, 2.75) is 13.8 Å². The van der Waals surface area contributed by atoms with Crippen molar-refractivity contribution in [2.24, 2.45) is 5.84 Å². The minimum absolute atomic E-state index is 0.700. The zero-order valence-corrected chi connectivity index (χ0v) is 7.18. The van der Waals surface area contributed by atoms with Crippen LogP contribution < -0.4 is 11.3 Å². The van der Waals surface area contributed by atoms with Crippen LogP contribution in [0.25, 0.3) is 0 Å². The van der Waals surface area contributed by atoms with Crippen molar-refractivity contribution in [3.63, 3.8) is 0 Å². The molecule has 3 N–H and O–H groups in total. The van der Waals surface area contributed by atoms with E-state index in [4.69, 9.17) is 11.1 Å². The van der Waals surface area contributed by atoms with Crippen molar-refractivity contribution in [1.29, 1.82) is 5.26 Å². The third-order valence-electron chi connectivity index (χ3n) is 1.85. The number of benzene rings is 1. The highest BCUT2D eigenvalue weighted by Gasteiger charge is 2.01. The molecular weight excluding hydrogens is 150 g/mol. The Hall–Kier alpha value is -1.53. The Bertz CT molecular complexity index is 336. The maximum atomic E-state index is 8.70. The summed E-state index contributed by atoms with van der Waals surface area (Å²) >= 11 is 0. The first kappa shape index (κ1) is 8.57. The molecule has 1 aromatic rings. The number of nitrogens with zero attached hydrogens (tertiary/aromatic N) is 1. The fourth-order valence-electron chi connectivity index (χ4n) is 1.09. The van der Waals surface area contributed by atoms with Crippen molar-refractivity contribution >= 4 is 5.69 Å². The molecule has 0 bridgehead atoms. The quantitative estimate of drug-likeness (QED) is 0.484. The molecule has 0 saturated heterocycles. The SMILES string of the molecule is Cc1cc(NN)c(C)cc1C#N. The topological polar surface area (TPSA) is 61.8 Å². The van der Waals surface area contributed by atoms with Crippen LogP contribution in [0.2, 0.25) is 0 Å². The van der Waals surface area contributed by atoms with E-state index < -0.39 is 0 Å². The molecule has 0 fully saturated rings. The highest BCUT2D eigenvalue weighted by Crippen LogP contribution is 2.18. The number of nitriles is 1. The van der Waals surface area contributed by atoms with Gasteiger partial charge in [0.1, 0.15) is 0 Å². The summed E-state index contributed by atoms with van der Waals surface area (Å²) in [6.07, 6.45) is 0. The summed E-state index contributed by atoms with van der Waals surface area (Å²) in [6.45, 7) is 3.80. The van der Waals surface area contributed by atoms with Gasteiger partial charge in [0.05, 0.1) is 17.3 Å². The van der Waals surface area contributed by atoms with Crippen LogP contribution in [0.5, 0.6) is 0 Å². The zero-order valence-electron chi connectivity index (χ0n) is 7.18. The molecule has 0 atom stereocenters. The maximum Gasteiger partial charge on any atom is 0.0994 e. The number of hydrogen-bond acceptors (Lipinski definition) is 3. The number of anilines is 1. The number of rotatable bonds is 1. The predicted octanol–water partition coefficient (Wildman–Crippen LogP) is 1.46. The number of aryl methyl sites for hydroxylation is 2. The van der Waals surface area contributed by atoms with Gasteiger partial charge in [0.25, 0.3) is 0 Å². The third-order valence-corrected chi connectivity index (χ3v) is 1.85. The van der Waals surface area contributed by atoms with Gasteiger partial charge >= 0.3 is 0 Å². The highest BCUT2D eigenvalue weighted by molar-refractivity contribution is 5.56. The molecule has 3 nitrogen and oxygen atoms in total. The molecule has 0 aliphatic rings. The van der Waals surface area contributed by atoms with Gasteiger partial charge < -0.3 is 5.43 Å². The van der Waals surface area contributed by atoms with E-state index in [1.165, 1.54) is 0 Å². The van der Waals surface area contributed by atoms with Gasteiger partial charge in [0.15, 0.2) is 0 Å². The van der Waals surface area contributed by atoms with Crippen LogP contribution in [0.4, 0.5) is 5.69 Å². The van der Waals surface area contributed by atoms with E-state index in [9.17, 15) is 0 Å². The molecule has 0 radical (unpaired) electrons. The van der Waals surface area contributed by atoms with E-state index in [0.29, 0.717) is 5.56 Å². The first-order valence-electron chi connectivity index (χ1n) is 3.67. The van der Waals surface area contributed by atoms with E-state index in [0.717, 1.165) is 16.8 Å². The van der Waals surface area contributed by atoms with E-state index >= 15 is 0 Å². The average molecular weight is 161 g/mol. The second-order valence-corrected chi connectivity index (χ2v) is 2.74. The van der Waals surface area contributed by atoms with E-state index in [-0.39, 0.29) is 0 Å². The van der Waals surface area contributed by atoms with Gasteiger partial charge in [-0.15, -0.1) is 0 Å². The summed E-state index contributed by atoms with van der Waals surface area (Å²) in [7, 11) is 0. The Balaban J connectivity index is 3.28. The molecule has 0 aromatic heterocycles. The van der Waals surface area contributed by atoms with Gasteiger partial charge in [0, 0.05) is 0 Å². The molecule has 0 amide bonds. The van der Waals surface area contributed by atoms with Crippen molar-refractivity contribution in [2.75, 3.05) is 5.43 Å². The van der Waals surface area contributed by atoms with Crippen LogP contribution >= 0.6 is 0 Å². The molecule has 0 aliphatic carbocycles. The predicted molar refractivity (Wildman–Crippen MR) is 48.4 cm³/mol. The fraction of sp³-hybridized carbons (Fsp3) is 0.222. The summed E-state index contributed by atoms with van der Waals surface area (Å²) in [5, 5.41) is 8.70. The van der Waals surface area contributed by atoms with Crippen molar-refractivity contribution in [3.8, 4) is 6.07 Å². The first-order chi connectivity index (χ1) is 5.69. The highest BCUT2D eigenvalue weighted by atomic mass is 15.2. The van der Waals surface area contributed by atoms with Crippen LogP contribution in [0, 0.1) is 25.2 Å². The molecule has 1 aromatic carbocycles. The molecule has 1 rings (SSSR count). The smallest absolute Gasteiger partial charge is 0.0994 e. The average Bonchev–Trinajstić information content (AvgIpc) is 2.08. The summed E-state index contributed by atoms with van der Waals surface area (Å²) in [5.74, 6) is 5.28. The lowest BCUT2D eigenvalue weighted by molar-refractivity contribution is 1.27. The van der Waals surface area contributed by atoms with Gasteiger partial charge in [-0.1, -0.05) is 0 Å². The molecule has 62 valence electrons. The zero-order chi connectivity index (χ0) is 9.14. The minimum Gasteiger partial charge on any atom is -0.324 e. The van der Waals surface area contributed by atoms with E-state index in [1.54, 1.807) is 0 Å². The van der Waals surface area contributed by atoms with Crippen molar-refractivity contribution in [1.82, 2.24) is 0 Å². The molecule has 12 heavy (non-hydrogen) atoms. The third kappa shape index (κ3) is 1.39. The Morgan fingerprint density at radius 3 is 2.50 bits per heavy atom. The van der Waals surface area contributed by atoms with Gasteiger partial charge in [-0.3, -0.25) is 5.84 Å². The second kappa shape index (κ2) is 3.24. The Kier molecular flexibility index (Phi) is 2.32. The summed E-state index contributed by atoms with van der Waals surface area (Å²) < 4.78 is 0. The van der Waals surface area contributed by atoms with Crippen LogP contribution in [0.3, 0.4) is 0 Å². The number of hydrogen-bond donors (Lipinski definition) is 2. The van der Waals surface area contributed by atoms with Crippen LogP contribution in [0.1, 0.15) is 16.7 Å². The number of nitrogens with two attached hydrogens (primary N) is 1. The van der Waals surface area contributed by atoms with Crippen molar-refractivity contribution in [3.05, 3.63) is 28.8 Å². The maximum absolute atomic E-state index is 8.70. The molecule has 0 aliphatic heterocycles. The monoisotopic (exact) mass is 161 g/mol. The molecule has 0 saturated carbocycles. The summed E-state index contributed by atoms with van der Waals surface area (Å²) in [5.41, 5.74) is 6.07. The lowest BCUT2D eigenvalue weighted by Crippen LogP contribution is -2.08. The lowest BCUT2D eigenvalue weighted by atomic mass is 10.1. The van der Waals surface area contributed by atoms with Crippen LogP contribution in [-0.4, -0.2) is 0 Å². The lowest BCUT2D eigenvalue weighted by Gasteiger charge is -2.06. The minimum atomic E-state index is 0.700.